The van der Waals surface area contributed by atoms with Crippen LogP contribution in [-0.4, -0.2) is 24.3 Å². The highest BCUT2D eigenvalue weighted by Gasteiger charge is 2.30. The van der Waals surface area contributed by atoms with Gasteiger partial charge in [0.25, 0.3) is 0 Å². The van der Waals surface area contributed by atoms with Crippen LogP contribution in [0.2, 0.25) is 0 Å². The molecule has 2 heterocycles. The van der Waals surface area contributed by atoms with Gasteiger partial charge < -0.3 is 4.90 Å². The Balaban J connectivity index is 1.63. The summed E-state index contributed by atoms with van der Waals surface area (Å²) in [7, 11) is 0. The molecule has 1 saturated heterocycles. The largest absolute Gasteiger partial charge is 0.417 e. The van der Waals surface area contributed by atoms with Crippen molar-refractivity contribution < 1.29 is 17.6 Å². The van der Waals surface area contributed by atoms with E-state index in [9.17, 15) is 17.6 Å². The summed E-state index contributed by atoms with van der Waals surface area (Å²) in [4.78, 5) is 5.64. The van der Waals surface area contributed by atoms with E-state index in [-0.39, 0.29) is 11.6 Å². The molecule has 0 aliphatic carbocycles. The van der Waals surface area contributed by atoms with Crippen LogP contribution in [0, 0.1) is 5.82 Å². The summed E-state index contributed by atoms with van der Waals surface area (Å²) in [5.74, 6) is -0.156. The predicted octanol–water partition coefficient (Wildman–Crippen LogP) is 4.29. The zero-order chi connectivity index (χ0) is 17.9. The van der Waals surface area contributed by atoms with E-state index in [0.29, 0.717) is 11.3 Å². The summed E-state index contributed by atoms with van der Waals surface area (Å²) in [6, 6.07) is 6.91. The molecule has 1 aromatic carbocycles. The van der Waals surface area contributed by atoms with Crippen molar-refractivity contribution in [2.75, 3.05) is 23.4 Å². The summed E-state index contributed by atoms with van der Waals surface area (Å²) in [6.45, 7) is 1.71. The third-order valence-electron chi connectivity index (χ3n) is 3.90. The van der Waals surface area contributed by atoms with Crippen molar-refractivity contribution in [3.8, 4) is 0 Å². The Labute approximate surface area is 142 Å². The number of anilines is 2. The first-order valence-corrected chi connectivity index (χ1v) is 7.80. The normalized spacial score (nSPS) is 15.1. The first-order valence-electron chi connectivity index (χ1n) is 7.80. The van der Waals surface area contributed by atoms with Gasteiger partial charge in [0.05, 0.1) is 17.5 Å². The maximum absolute atomic E-state index is 14.2. The van der Waals surface area contributed by atoms with E-state index < -0.39 is 11.7 Å². The Hall–Kier alpha value is -2.64. The number of alkyl halides is 3. The van der Waals surface area contributed by atoms with Crippen molar-refractivity contribution in [1.82, 2.24) is 4.98 Å². The van der Waals surface area contributed by atoms with Crippen molar-refractivity contribution in [3.05, 3.63) is 53.5 Å². The smallest absolute Gasteiger partial charge is 0.369 e. The molecule has 1 aromatic heterocycles. The van der Waals surface area contributed by atoms with Gasteiger partial charge in [-0.1, -0.05) is 6.07 Å². The van der Waals surface area contributed by atoms with Crippen molar-refractivity contribution in [3.63, 3.8) is 0 Å². The highest BCUT2D eigenvalue weighted by atomic mass is 19.4. The number of hydrazone groups is 1. The maximum Gasteiger partial charge on any atom is 0.417 e. The SMILES string of the molecule is Fc1cc(/C=N/Nc2ccc(C(F)(F)F)cn2)ccc1N1CCCC1. The topological polar surface area (TPSA) is 40.5 Å². The van der Waals surface area contributed by atoms with Crippen LogP contribution in [0.25, 0.3) is 0 Å². The van der Waals surface area contributed by atoms with E-state index >= 15 is 0 Å². The van der Waals surface area contributed by atoms with Crippen LogP contribution in [0.4, 0.5) is 29.1 Å². The van der Waals surface area contributed by atoms with E-state index in [4.69, 9.17) is 0 Å². The van der Waals surface area contributed by atoms with Gasteiger partial charge in [0.2, 0.25) is 0 Å². The van der Waals surface area contributed by atoms with Gasteiger partial charge in [0.15, 0.2) is 0 Å². The second-order valence-corrected chi connectivity index (χ2v) is 5.70. The van der Waals surface area contributed by atoms with Crippen LogP contribution in [0.3, 0.4) is 0 Å². The second kappa shape index (κ2) is 7.08. The van der Waals surface area contributed by atoms with Gasteiger partial charge in [-0.3, -0.25) is 5.43 Å². The van der Waals surface area contributed by atoms with E-state index in [2.05, 4.69) is 15.5 Å². The van der Waals surface area contributed by atoms with Crippen LogP contribution >= 0.6 is 0 Å². The Kier molecular flexibility index (Phi) is 4.87. The highest BCUT2D eigenvalue weighted by Crippen LogP contribution is 2.29. The van der Waals surface area contributed by atoms with Crippen molar-refractivity contribution in [2.45, 2.75) is 19.0 Å². The molecule has 0 amide bonds. The zero-order valence-corrected chi connectivity index (χ0v) is 13.2. The van der Waals surface area contributed by atoms with Gasteiger partial charge in [0, 0.05) is 19.3 Å². The van der Waals surface area contributed by atoms with Gasteiger partial charge >= 0.3 is 6.18 Å². The lowest BCUT2D eigenvalue weighted by Crippen LogP contribution is -2.18. The molecular weight excluding hydrogens is 336 g/mol. The Morgan fingerprint density at radius 1 is 1.12 bits per heavy atom. The van der Waals surface area contributed by atoms with Crippen LogP contribution < -0.4 is 10.3 Å². The number of nitrogens with zero attached hydrogens (tertiary/aromatic N) is 3. The quantitative estimate of drug-likeness (QED) is 0.507. The predicted molar refractivity (Wildman–Crippen MR) is 88.3 cm³/mol. The van der Waals surface area contributed by atoms with Crippen LogP contribution in [0.5, 0.6) is 0 Å². The number of rotatable bonds is 4. The first kappa shape index (κ1) is 17.2. The fourth-order valence-electron chi connectivity index (χ4n) is 2.62. The van der Waals surface area contributed by atoms with Gasteiger partial charge in [0.1, 0.15) is 11.6 Å². The molecule has 0 radical (unpaired) electrons. The monoisotopic (exact) mass is 352 g/mol. The van der Waals surface area contributed by atoms with Crippen LogP contribution in [0.1, 0.15) is 24.0 Å². The summed E-state index contributed by atoms with van der Waals surface area (Å²) in [5.41, 5.74) is 2.80. The van der Waals surface area contributed by atoms with E-state index in [1.165, 1.54) is 18.3 Å². The van der Waals surface area contributed by atoms with E-state index in [0.717, 1.165) is 38.2 Å². The number of nitrogens with one attached hydrogen (secondary N) is 1. The van der Waals surface area contributed by atoms with Crippen molar-refractivity contribution >= 4 is 17.7 Å². The highest BCUT2D eigenvalue weighted by molar-refractivity contribution is 5.81. The molecule has 1 N–H and O–H groups in total. The van der Waals surface area contributed by atoms with Gasteiger partial charge in [-0.05, 0) is 42.7 Å². The second-order valence-electron chi connectivity index (χ2n) is 5.70. The Morgan fingerprint density at radius 3 is 2.48 bits per heavy atom. The molecule has 0 bridgehead atoms. The Bertz CT molecular complexity index is 750. The molecule has 1 fully saturated rings. The average molecular weight is 352 g/mol. The minimum Gasteiger partial charge on any atom is -0.369 e. The number of benzene rings is 1. The molecule has 0 spiro atoms. The maximum atomic E-state index is 14.2. The van der Waals surface area contributed by atoms with Gasteiger partial charge in [-0.2, -0.15) is 18.3 Å². The molecule has 1 aliphatic rings. The molecule has 1 aliphatic heterocycles. The molecule has 0 atom stereocenters. The van der Waals surface area contributed by atoms with Gasteiger partial charge in [-0.25, -0.2) is 9.37 Å². The minimum absolute atomic E-state index is 0.165. The molecule has 132 valence electrons. The number of pyridine rings is 1. The molecule has 0 unspecified atom stereocenters. The number of halogens is 4. The van der Waals surface area contributed by atoms with E-state index in [1.807, 2.05) is 4.90 Å². The fourth-order valence-corrected chi connectivity index (χ4v) is 2.62. The third kappa shape index (κ3) is 4.26. The Morgan fingerprint density at radius 2 is 1.88 bits per heavy atom. The fraction of sp³-hybridized carbons (Fsp3) is 0.294. The average Bonchev–Trinajstić information content (AvgIpc) is 3.09. The summed E-state index contributed by atoms with van der Waals surface area (Å²) in [6.07, 6.45) is -0.193. The molecular formula is C17H16F4N4. The van der Waals surface area contributed by atoms with Crippen LogP contribution in [-0.2, 0) is 6.18 Å². The minimum atomic E-state index is -4.43. The molecule has 0 saturated carbocycles. The molecule has 2 aromatic rings. The standard InChI is InChI=1S/C17H16F4N4/c18-14-9-12(3-5-15(14)25-7-1-2-8-25)10-23-24-16-6-4-13(11-22-16)17(19,20)21/h3-6,9-11H,1-2,7-8H2,(H,22,24)/b23-10+. The zero-order valence-electron chi connectivity index (χ0n) is 13.2. The van der Waals surface area contributed by atoms with Crippen molar-refractivity contribution in [2.24, 2.45) is 5.10 Å². The first-order chi connectivity index (χ1) is 11.9. The lowest BCUT2D eigenvalue weighted by atomic mass is 10.2. The number of hydrogen-bond acceptors (Lipinski definition) is 4. The van der Waals surface area contributed by atoms with Gasteiger partial charge in [-0.15, -0.1) is 0 Å². The number of aromatic nitrogens is 1. The lowest BCUT2D eigenvalue weighted by molar-refractivity contribution is -0.137. The third-order valence-corrected chi connectivity index (χ3v) is 3.90. The molecule has 4 nitrogen and oxygen atoms in total. The summed E-state index contributed by atoms with van der Waals surface area (Å²) in [5, 5.41) is 3.87. The van der Waals surface area contributed by atoms with Crippen LogP contribution in [0.15, 0.2) is 41.6 Å². The van der Waals surface area contributed by atoms with E-state index in [1.54, 1.807) is 12.1 Å². The molecule has 25 heavy (non-hydrogen) atoms. The molecule has 8 heteroatoms. The number of hydrogen-bond donors (Lipinski definition) is 1. The summed E-state index contributed by atoms with van der Waals surface area (Å²) >= 11 is 0. The molecule has 3 rings (SSSR count). The lowest BCUT2D eigenvalue weighted by Gasteiger charge is -2.18. The summed E-state index contributed by atoms with van der Waals surface area (Å²) < 4.78 is 51.5. The van der Waals surface area contributed by atoms with Crippen molar-refractivity contribution in [1.29, 1.82) is 0 Å².